The van der Waals surface area contributed by atoms with Crippen molar-refractivity contribution in [1.82, 2.24) is 10.6 Å². The number of carbonyl (C=O) groups excluding carboxylic acids is 1. The van der Waals surface area contributed by atoms with E-state index >= 15 is 0 Å². The zero-order valence-electron chi connectivity index (χ0n) is 11.5. The van der Waals surface area contributed by atoms with Crippen molar-refractivity contribution in [2.75, 3.05) is 26.3 Å². The van der Waals surface area contributed by atoms with Crippen molar-refractivity contribution in [2.45, 2.75) is 19.3 Å². The largest absolute Gasteiger partial charge is 0.486 e. The molecule has 2 aliphatic rings. The average Bonchev–Trinajstić information content (AvgIpc) is 3.29. The van der Waals surface area contributed by atoms with E-state index < -0.39 is 0 Å². The van der Waals surface area contributed by atoms with E-state index in [2.05, 4.69) is 10.6 Å². The van der Waals surface area contributed by atoms with Crippen molar-refractivity contribution in [3.63, 3.8) is 0 Å². The second kappa shape index (κ2) is 6.03. The fraction of sp³-hybridized carbons (Fsp3) is 0.533. The Labute approximate surface area is 118 Å². The lowest BCUT2D eigenvalue weighted by Crippen LogP contribution is -2.37. The maximum absolute atomic E-state index is 11.5. The SMILES string of the molecule is O=C(NCCc1ccc2c(c1)OCCO2)NCC1CC1. The molecule has 5 nitrogen and oxygen atoms in total. The van der Waals surface area contributed by atoms with Gasteiger partial charge in [-0.2, -0.15) is 0 Å². The highest BCUT2D eigenvalue weighted by atomic mass is 16.6. The minimum absolute atomic E-state index is 0.0746. The molecule has 0 atom stereocenters. The zero-order valence-corrected chi connectivity index (χ0v) is 11.5. The first-order valence-corrected chi connectivity index (χ1v) is 7.21. The molecule has 0 saturated heterocycles. The molecule has 1 aliphatic heterocycles. The van der Waals surface area contributed by atoms with Crippen LogP contribution in [0.2, 0.25) is 0 Å². The molecule has 0 unspecified atom stereocenters. The third-order valence-electron chi connectivity index (χ3n) is 3.55. The zero-order chi connectivity index (χ0) is 13.8. The average molecular weight is 276 g/mol. The predicted octanol–water partition coefficient (Wildman–Crippen LogP) is 1.71. The van der Waals surface area contributed by atoms with Gasteiger partial charge < -0.3 is 20.1 Å². The monoisotopic (exact) mass is 276 g/mol. The molecule has 2 amide bonds. The van der Waals surface area contributed by atoms with E-state index in [0.717, 1.165) is 30.0 Å². The molecule has 0 radical (unpaired) electrons. The van der Waals surface area contributed by atoms with Crippen LogP contribution in [0.15, 0.2) is 18.2 Å². The number of carbonyl (C=O) groups is 1. The Balaban J connectivity index is 1.42. The molecule has 1 aliphatic carbocycles. The van der Waals surface area contributed by atoms with Crippen LogP contribution in [0, 0.1) is 5.92 Å². The summed E-state index contributed by atoms with van der Waals surface area (Å²) in [5, 5.41) is 5.76. The van der Waals surface area contributed by atoms with Crippen LogP contribution in [-0.4, -0.2) is 32.3 Å². The number of benzene rings is 1. The summed E-state index contributed by atoms with van der Waals surface area (Å²) in [6.45, 7) is 2.62. The van der Waals surface area contributed by atoms with Crippen LogP contribution in [0.25, 0.3) is 0 Å². The van der Waals surface area contributed by atoms with Crippen molar-refractivity contribution in [1.29, 1.82) is 0 Å². The first-order valence-electron chi connectivity index (χ1n) is 7.21. The quantitative estimate of drug-likeness (QED) is 0.860. The van der Waals surface area contributed by atoms with Gasteiger partial charge in [0.25, 0.3) is 0 Å². The third-order valence-corrected chi connectivity index (χ3v) is 3.55. The summed E-state index contributed by atoms with van der Waals surface area (Å²) < 4.78 is 11.0. The molecule has 1 fully saturated rings. The molecule has 2 N–H and O–H groups in total. The van der Waals surface area contributed by atoms with Crippen molar-refractivity contribution in [3.8, 4) is 11.5 Å². The van der Waals surface area contributed by atoms with E-state index in [-0.39, 0.29) is 6.03 Å². The molecule has 5 heteroatoms. The molecule has 0 aromatic heterocycles. The lowest BCUT2D eigenvalue weighted by molar-refractivity contribution is 0.171. The molecule has 3 rings (SSSR count). The second-order valence-corrected chi connectivity index (χ2v) is 5.31. The van der Waals surface area contributed by atoms with Gasteiger partial charge in [0, 0.05) is 13.1 Å². The van der Waals surface area contributed by atoms with E-state index in [0.29, 0.717) is 25.7 Å². The number of hydrogen-bond acceptors (Lipinski definition) is 3. The van der Waals surface area contributed by atoms with Gasteiger partial charge >= 0.3 is 6.03 Å². The summed E-state index contributed by atoms with van der Waals surface area (Å²) >= 11 is 0. The fourth-order valence-corrected chi connectivity index (χ4v) is 2.19. The number of fused-ring (bicyclic) bond motifs is 1. The summed E-state index contributed by atoms with van der Waals surface area (Å²) in [4.78, 5) is 11.5. The summed E-state index contributed by atoms with van der Waals surface area (Å²) in [6.07, 6.45) is 3.28. The highest BCUT2D eigenvalue weighted by molar-refractivity contribution is 5.73. The predicted molar refractivity (Wildman–Crippen MR) is 75.3 cm³/mol. The molecular weight excluding hydrogens is 256 g/mol. The number of nitrogens with one attached hydrogen (secondary N) is 2. The highest BCUT2D eigenvalue weighted by Gasteiger charge is 2.21. The number of urea groups is 1. The maximum Gasteiger partial charge on any atom is 0.314 e. The third kappa shape index (κ3) is 3.56. The molecule has 1 aromatic carbocycles. The van der Waals surface area contributed by atoms with Crippen LogP contribution < -0.4 is 20.1 Å². The van der Waals surface area contributed by atoms with Gasteiger partial charge in [-0.3, -0.25) is 0 Å². The second-order valence-electron chi connectivity index (χ2n) is 5.31. The van der Waals surface area contributed by atoms with Gasteiger partial charge in [-0.15, -0.1) is 0 Å². The van der Waals surface area contributed by atoms with Gasteiger partial charge in [0.2, 0.25) is 0 Å². The Bertz CT molecular complexity index is 486. The Kier molecular flexibility index (Phi) is 3.95. The minimum Gasteiger partial charge on any atom is -0.486 e. The number of ether oxygens (including phenoxy) is 2. The van der Waals surface area contributed by atoms with Crippen molar-refractivity contribution in [2.24, 2.45) is 5.92 Å². The Hall–Kier alpha value is -1.91. The Morgan fingerprint density at radius 1 is 1.15 bits per heavy atom. The summed E-state index contributed by atoms with van der Waals surface area (Å²) in [5.41, 5.74) is 1.14. The Morgan fingerprint density at radius 3 is 2.75 bits per heavy atom. The first-order chi connectivity index (χ1) is 9.81. The van der Waals surface area contributed by atoms with Gasteiger partial charge in [-0.25, -0.2) is 4.79 Å². The molecule has 1 heterocycles. The van der Waals surface area contributed by atoms with Crippen LogP contribution in [0.4, 0.5) is 4.79 Å². The van der Waals surface area contributed by atoms with Gasteiger partial charge in [0.15, 0.2) is 11.5 Å². The summed E-state index contributed by atoms with van der Waals surface area (Å²) in [5.74, 6) is 2.31. The summed E-state index contributed by atoms with van der Waals surface area (Å²) in [6, 6.07) is 5.85. The topological polar surface area (TPSA) is 59.6 Å². The van der Waals surface area contributed by atoms with Crippen LogP contribution >= 0.6 is 0 Å². The minimum atomic E-state index is -0.0746. The van der Waals surface area contributed by atoms with E-state index in [4.69, 9.17) is 9.47 Å². The van der Waals surface area contributed by atoms with Gasteiger partial charge in [0.05, 0.1) is 0 Å². The molecule has 1 saturated carbocycles. The molecule has 20 heavy (non-hydrogen) atoms. The van der Waals surface area contributed by atoms with Gasteiger partial charge in [0.1, 0.15) is 13.2 Å². The van der Waals surface area contributed by atoms with E-state index in [9.17, 15) is 4.79 Å². The molecule has 1 aromatic rings. The van der Waals surface area contributed by atoms with Gasteiger partial charge in [-0.1, -0.05) is 6.07 Å². The van der Waals surface area contributed by atoms with Crippen LogP contribution in [0.1, 0.15) is 18.4 Å². The fourth-order valence-electron chi connectivity index (χ4n) is 2.19. The first kappa shape index (κ1) is 13.1. The van der Waals surface area contributed by atoms with Crippen LogP contribution in [0.3, 0.4) is 0 Å². The number of hydrogen-bond donors (Lipinski definition) is 2. The standard InChI is InChI=1S/C15H20N2O3/c18-15(17-10-12-1-2-12)16-6-5-11-3-4-13-14(9-11)20-8-7-19-13/h3-4,9,12H,1-2,5-8,10H2,(H2,16,17,18). The van der Waals surface area contributed by atoms with Crippen molar-refractivity contribution >= 4 is 6.03 Å². The van der Waals surface area contributed by atoms with Crippen LogP contribution in [0.5, 0.6) is 11.5 Å². The van der Waals surface area contributed by atoms with Crippen LogP contribution in [-0.2, 0) is 6.42 Å². The van der Waals surface area contributed by atoms with Crippen molar-refractivity contribution < 1.29 is 14.3 Å². The maximum atomic E-state index is 11.5. The lowest BCUT2D eigenvalue weighted by Gasteiger charge is -2.18. The number of rotatable bonds is 5. The Morgan fingerprint density at radius 2 is 1.95 bits per heavy atom. The highest BCUT2D eigenvalue weighted by Crippen LogP contribution is 2.30. The lowest BCUT2D eigenvalue weighted by atomic mass is 10.1. The van der Waals surface area contributed by atoms with E-state index in [1.807, 2.05) is 18.2 Å². The molecular formula is C15H20N2O3. The molecule has 0 bridgehead atoms. The number of amides is 2. The van der Waals surface area contributed by atoms with Gasteiger partial charge in [-0.05, 0) is 42.9 Å². The molecule has 0 spiro atoms. The van der Waals surface area contributed by atoms with E-state index in [1.54, 1.807) is 0 Å². The summed E-state index contributed by atoms with van der Waals surface area (Å²) in [7, 11) is 0. The van der Waals surface area contributed by atoms with Crippen molar-refractivity contribution in [3.05, 3.63) is 23.8 Å². The smallest absolute Gasteiger partial charge is 0.314 e. The normalized spacial score (nSPS) is 16.6. The molecule has 108 valence electrons. The van der Waals surface area contributed by atoms with E-state index in [1.165, 1.54) is 12.8 Å².